The van der Waals surface area contributed by atoms with Gasteiger partial charge < -0.3 is 20.7 Å². The van der Waals surface area contributed by atoms with Gasteiger partial charge in [-0.3, -0.25) is 14.6 Å². The molecule has 0 aliphatic carbocycles. The molecule has 0 spiro atoms. The van der Waals surface area contributed by atoms with E-state index in [1.165, 1.54) is 0 Å². The Balaban J connectivity index is 1.28. The maximum atomic E-state index is 12.4. The van der Waals surface area contributed by atoms with Gasteiger partial charge in [0, 0.05) is 30.2 Å². The molecule has 170 valence electrons. The van der Waals surface area contributed by atoms with Gasteiger partial charge in [0.05, 0.1) is 12.2 Å². The van der Waals surface area contributed by atoms with Crippen molar-refractivity contribution in [2.45, 2.75) is 6.54 Å². The molecular weight excluding hydrogens is 428 g/mol. The van der Waals surface area contributed by atoms with E-state index in [0.29, 0.717) is 35.0 Å². The summed E-state index contributed by atoms with van der Waals surface area (Å²) in [6, 6.07) is 27.3. The minimum Gasteiger partial charge on any atom is -0.455 e. The number of anilines is 2. The van der Waals surface area contributed by atoms with E-state index in [0.717, 1.165) is 5.56 Å². The molecule has 3 aromatic carbocycles. The van der Waals surface area contributed by atoms with E-state index in [1.54, 1.807) is 36.7 Å². The summed E-state index contributed by atoms with van der Waals surface area (Å²) in [4.78, 5) is 28.8. The molecule has 34 heavy (non-hydrogen) atoms. The van der Waals surface area contributed by atoms with E-state index in [9.17, 15) is 9.59 Å². The quantitative estimate of drug-likeness (QED) is 0.337. The van der Waals surface area contributed by atoms with Crippen molar-refractivity contribution in [2.24, 2.45) is 0 Å². The number of pyridine rings is 1. The fourth-order valence-corrected chi connectivity index (χ4v) is 3.19. The molecule has 7 nitrogen and oxygen atoms in total. The summed E-state index contributed by atoms with van der Waals surface area (Å²) in [6.07, 6.45) is 3.39. The van der Waals surface area contributed by atoms with E-state index in [4.69, 9.17) is 4.74 Å². The number of amides is 2. The fraction of sp³-hybridized carbons (Fsp3) is 0.0741. The number of para-hydroxylation sites is 3. The Morgan fingerprint density at radius 3 is 2.35 bits per heavy atom. The lowest BCUT2D eigenvalue weighted by atomic mass is 10.2. The van der Waals surface area contributed by atoms with Crippen molar-refractivity contribution in [3.8, 4) is 11.5 Å². The highest BCUT2D eigenvalue weighted by atomic mass is 16.5. The highest BCUT2D eigenvalue weighted by Gasteiger charge is 2.09. The second-order valence-corrected chi connectivity index (χ2v) is 7.43. The third-order valence-electron chi connectivity index (χ3n) is 4.90. The monoisotopic (exact) mass is 452 g/mol. The van der Waals surface area contributed by atoms with Gasteiger partial charge in [-0.2, -0.15) is 0 Å². The maximum absolute atomic E-state index is 12.4. The Labute approximate surface area is 197 Å². The molecule has 0 fully saturated rings. The largest absolute Gasteiger partial charge is 0.455 e. The lowest BCUT2D eigenvalue weighted by Crippen LogP contribution is -2.23. The summed E-state index contributed by atoms with van der Waals surface area (Å²) in [7, 11) is 0. The van der Waals surface area contributed by atoms with Gasteiger partial charge in [0.15, 0.2) is 5.75 Å². The van der Waals surface area contributed by atoms with Crippen molar-refractivity contribution >= 4 is 23.2 Å². The van der Waals surface area contributed by atoms with Crippen molar-refractivity contribution in [3.05, 3.63) is 115 Å². The first kappa shape index (κ1) is 22.5. The second kappa shape index (κ2) is 11.3. The van der Waals surface area contributed by atoms with Crippen LogP contribution in [-0.2, 0) is 11.3 Å². The van der Waals surface area contributed by atoms with E-state index in [-0.39, 0.29) is 18.4 Å². The molecule has 0 saturated carbocycles. The van der Waals surface area contributed by atoms with Crippen LogP contribution in [0.4, 0.5) is 11.4 Å². The summed E-state index contributed by atoms with van der Waals surface area (Å²) < 4.78 is 5.91. The Hall–Kier alpha value is -4.65. The lowest BCUT2D eigenvalue weighted by molar-refractivity contribution is -0.114. The van der Waals surface area contributed by atoms with Crippen LogP contribution >= 0.6 is 0 Å². The smallest absolute Gasteiger partial charge is 0.251 e. The number of hydrogen-bond acceptors (Lipinski definition) is 5. The number of benzene rings is 3. The third-order valence-corrected chi connectivity index (χ3v) is 4.90. The Kier molecular flexibility index (Phi) is 7.48. The Bertz CT molecular complexity index is 1230. The number of ether oxygens (including phenoxy) is 1. The molecule has 0 bridgehead atoms. The van der Waals surface area contributed by atoms with E-state index < -0.39 is 0 Å². The highest BCUT2D eigenvalue weighted by Crippen LogP contribution is 2.28. The van der Waals surface area contributed by atoms with E-state index in [1.807, 2.05) is 66.7 Å². The second-order valence-electron chi connectivity index (χ2n) is 7.43. The first-order valence-electron chi connectivity index (χ1n) is 10.8. The van der Waals surface area contributed by atoms with Gasteiger partial charge in [0.25, 0.3) is 5.91 Å². The van der Waals surface area contributed by atoms with Crippen LogP contribution in [-0.4, -0.2) is 23.3 Å². The summed E-state index contributed by atoms with van der Waals surface area (Å²) in [5.41, 5.74) is 2.74. The number of nitrogens with zero attached hydrogens (tertiary/aromatic N) is 1. The predicted molar refractivity (Wildman–Crippen MR) is 132 cm³/mol. The molecule has 0 unspecified atom stereocenters. The third kappa shape index (κ3) is 6.43. The number of aromatic nitrogens is 1. The zero-order chi connectivity index (χ0) is 23.6. The lowest BCUT2D eigenvalue weighted by Gasteiger charge is -2.13. The topological polar surface area (TPSA) is 92.4 Å². The van der Waals surface area contributed by atoms with Crippen LogP contribution in [0.25, 0.3) is 0 Å². The molecule has 0 radical (unpaired) electrons. The molecule has 1 aromatic heterocycles. The van der Waals surface area contributed by atoms with Gasteiger partial charge >= 0.3 is 0 Å². The van der Waals surface area contributed by atoms with Crippen LogP contribution in [0.15, 0.2) is 103 Å². The summed E-state index contributed by atoms with van der Waals surface area (Å²) in [5.74, 6) is 0.927. The van der Waals surface area contributed by atoms with Gasteiger partial charge in [-0.25, -0.2) is 0 Å². The van der Waals surface area contributed by atoms with Gasteiger partial charge in [-0.15, -0.1) is 0 Å². The molecule has 3 N–H and O–H groups in total. The minimum atomic E-state index is -0.219. The number of nitrogens with one attached hydrogen (secondary N) is 3. The minimum absolute atomic E-state index is 0.0580. The van der Waals surface area contributed by atoms with Crippen molar-refractivity contribution in [1.29, 1.82) is 0 Å². The average Bonchev–Trinajstić information content (AvgIpc) is 2.88. The SMILES string of the molecule is O=C(CNc1ccccc1Oc1ccccc1)Nc1ccc(C(=O)NCc2cccnc2)cc1. The van der Waals surface area contributed by atoms with Crippen LogP contribution in [0.1, 0.15) is 15.9 Å². The predicted octanol–water partition coefficient (Wildman–Crippen LogP) is 4.85. The van der Waals surface area contributed by atoms with Gasteiger partial charge in [-0.1, -0.05) is 36.4 Å². The first-order chi connectivity index (χ1) is 16.7. The van der Waals surface area contributed by atoms with Crippen LogP contribution < -0.4 is 20.7 Å². The number of carbonyl (C=O) groups is 2. The van der Waals surface area contributed by atoms with Crippen LogP contribution in [0.5, 0.6) is 11.5 Å². The standard InChI is InChI=1S/C27H24N4O3/c32-26(19-29-24-10-4-5-11-25(24)34-23-8-2-1-3-9-23)31-22-14-12-21(13-15-22)27(33)30-18-20-7-6-16-28-17-20/h1-17,29H,18-19H2,(H,30,33)(H,31,32). The molecule has 7 heteroatoms. The maximum Gasteiger partial charge on any atom is 0.251 e. The molecule has 0 atom stereocenters. The van der Waals surface area contributed by atoms with Gasteiger partial charge in [0.2, 0.25) is 5.91 Å². The molecular formula is C27H24N4O3. The Morgan fingerprint density at radius 2 is 1.59 bits per heavy atom. The fourth-order valence-electron chi connectivity index (χ4n) is 3.19. The summed E-state index contributed by atoms with van der Waals surface area (Å²) in [6.45, 7) is 0.453. The molecule has 4 aromatic rings. The highest BCUT2D eigenvalue weighted by molar-refractivity contribution is 5.96. The molecule has 1 heterocycles. The molecule has 0 aliphatic heterocycles. The molecule has 0 aliphatic rings. The summed E-state index contributed by atoms with van der Waals surface area (Å²) in [5, 5.41) is 8.78. The van der Waals surface area contributed by atoms with Gasteiger partial charge in [0.1, 0.15) is 5.75 Å². The number of carbonyl (C=O) groups excluding carboxylic acids is 2. The average molecular weight is 453 g/mol. The van der Waals surface area contributed by atoms with E-state index in [2.05, 4.69) is 20.9 Å². The van der Waals surface area contributed by atoms with Crippen LogP contribution in [0.3, 0.4) is 0 Å². The van der Waals surface area contributed by atoms with Crippen LogP contribution in [0.2, 0.25) is 0 Å². The molecule has 4 rings (SSSR count). The van der Waals surface area contributed by atoms with Crippen LogP contribution in [0, 0.1) is 0 Å². The van der Waals surface area contributed by atoms with Gasteiger partial charge in [-0.05, 0) is 60.2 Å². The zero-order valence-electron chi connectivity index (χ0n) is 18.4. The Morgan fingerprint density at radius 1 is 0.824 bits per heavy atom. The first-order valence-corrected chi connectivity index (χ1v) is 10.8. The number of hydrogen-bond donors (Lipinski definition) is 3. The molecule has 2 amide bonds. The van der Waals surface area contributed by atoms with Crippen molar-refractivity contribution in [2.75, 3.05) is 17.2 Å². The van der Waals surface area contributed by atoms with Crippen molar-refractivity contribution in [1.82, 2.24) is 10.3 Å². The van der Waals surface area contributed by atoms with E-state index >= 15 is 0 Å². The van der Waals surface area contributed by atoms with Crippen molar-refractivity contribution in [3.63, 3.8) is 0 Å². The van der Waals surface area contributed by atoms with Crippen molar-refractivity contribution < 1.29 is 14.3 Å². The molecule has 0 saturated heterocycles. The normalized spacial score (nSPS) is 10.2. The number of rotatable bonds is 9. The summed E-state index contributed by atoms with van der Waals surface area (Å²) >= 11 is 0. The zero-order valence-corrected chi connectivity index (χ0v) is 18.4.